The van der Waals surface area contributed by atoms with Crippen LogP contribution in [0.25, 0.3) is 0 Å². The zero-order valence-electron chi connectivity index (χ0n) is 11.4. The van der Waals surface area contributed by atoms with Crippen LogP contribution in [0.4, 0.5) is 11.5 Å². The molecule has 6 nitrogen and oxygen atoms in total. The van der Waals surface area contributed by atoms with Crippen LogP contribution in [0.3, 0.4) is 0 Å². The van der Waals surface area contributed by atoms with Crippen LogP contribution in [0.1, 0.15) is 45.2 Å². The Labute approximate surface area is 117 Å². The lowest BCUT2D eigenvalue weighted by atomic mass is 10.1. The third kappa shape index (κ3) is 4.63. The van der Waals surface area contributed by atoms with Gasteiger partial charge >= 0.3 is 5.69 Å². The number of anilines is 1. The average molecular weight is 287 g/mol. The van der Waals surface area contributed by atoms with Crippen molar-refractivity contribution in [1.29, 1.82) is 0 Å². The molecule has 0 saturated heterocycles. The predicted molar refractivity (Wildman–Crippen MR) is 75.7 cm³/mol. The Morgan fingerprint density at radius 2 is 2.11 bits per heavy atom. The van der Waals surface area contributed by atoms with Gasteiger partial charge in [0, 0.05) is 6.04 Å². The molecule has 1 heterocycles. The second-order valence-electron chi connectivity index (χ2n) is 4.57. The normalized spacial score (nSPS) is 12.2. The van der Waals surface area contributed by atoms with E-state index in [1.807, 2.05) is 6.92 Å². The van der Waals surface area contributed by atoms with Gasteiger partial charge in [0.15, 0.2) is 0 Å². The number of nitro groups is 1. The van der Waals surface area contributed by atoms with Gasteiger partial charge < -0.3 is 5.32 Å². The van der Waals surface area contributed by atoms with Crippen molar-refractivity contribution >= 4 is 23.1 Å². The van der Waals surface area contributed by atoms with E-state index >= 15 is 0 Å². The van der Waals surface area contributed by atoms with Gasteiger partial charge in [-0.05, 0) is 31.9 Å². The maximum absolute atomic E-state index is 11.0. The second kappa shape index (κ2) is 7.23. The first-order valence-electron chi connectivity index (χ1n) is 6.40. The second-order valence-corrected chi connectivity index (χ2v) is 4.91. The van der Waals surface area contributed by atoms with E-state index in [1.54, 1.807) is 6.92 Å². The number of aromatic nitrogens is 2. The van der Waals surface area contributed by atoms with Gasteiger partial charge in [0.1, 0.15) is 5.69 Å². The van der Waals surface area contributed by atoms with Crippen LogP contribution in [0.5, 0.6) is 0 Å². The van der Waals surface area contributed by atoms with E-state index in [2.05, 4.69) is 22.2 Å². The fourth-order valence-electron chi connectivity index (χ4n) is 1.86. The summed E-state index contributed by atoms with van der Waals surface area (Å²) >= 11 is 5.75. The van der Waals surface area contributed by atoms with Crippen LogP contribution in [-0.4, -0.2) is 20.9 Å². The fraction of sp³-hybridized carbons (Fsp3) is 0.667. The summed E-state index contributed by atoms with van der Waals surface area (Å²) in [7, 11) is 0. The van der Waals surface area contributed by atoms with Gasteiger partial charge in [-0.3, -0.25) is 10.1 Å². The molecule has 0 radical (unpaired) electrons. The van der Waals surface area contributed by atoms with Crippen molar-refractivity contribution in [3.05, 3.63) is 21.1 Å². The molecule has 1 unspecified atom stereocenters. The Balaban J connectivity index is 2.84. The maximum Gasteiger partial charge on any atom is 0.332 e. The molecule has 7 heteroatoms. The number of aryl methyl sites for hydroxylation is 1. The Kier molecular flexibility index (Phi) is 5.95. The lowest BCUT2D eigenvalue weighted by molar-refractivity contribution is -0.385. The summed E-state index contributed by atoms with van der Waals surface area (Å²) in [5.74, 6) is 0.200. The molecule has 0 aliphatic heterocycles. The zero-order valence-corrected chi connectivity index (χ0v) is 12.2. The molecule has 0 fully saturated rings. The standard InChI is InChI=1S/C12H19ClN4O2/c1-4-5-6-7-8(2)14-11-10(17(18)19)9(3)15-12(13)16-11/h8H,4-7H2,1-3H3,(H,14,15,16). The van der Waals surface area contributed by atoms with Crippen LogP contribution in [-0.2, 0) is 0 Å². The molecular formula is C12H19ClN4O2. The van der Waals surface area contributed by atoms with Gasteiger partial charge in [0.25, 0.3) is 0 Å². The molecule has 1 aromatic rings. The van der Waals surface area contributed by atoms with Crippen molar-refractivity contribution in [2.24, 2.45) is 0 Å². The molecule has 0 bridgehead atoms. The Morgan fingerprint density at radius 1 is 1.42 bits per heavy atom. The van der Waals surface area contributed by atoms with E-state index in [0.717, 1.165) is 25.7 Å². The SMILES string of the molecule is CCCCCC(C)Nc1nc(Cl)nc(C)c1[N+](=O)[O-]. The van der Waals surface area contributed by atoms with Crippen molar-refractivity contribution in [3.63, 3.8) is 0 Å². The Morgan fingerprint density at radius 3 is 2.68 bits per heavy atom. The highest BCUT2D eigenvalue weighted by Crippen LogP contribution is 2.27. The third-order valence-electron chi connectivity index (χ3n) is 2.84. The van der Waals surface area contributed by atoms with Crippen molar-refractivity contribution < 1.29 is 4.92 Å². The minimum absolute atomic E-state index is 0.0198. The summed E-state index contributed by atoms with van der Waals surface area (Å²) in [6.07, 6.45) is 4.31. The lowest BCUT2D eigenvalue weighted by Crippen LogP contribution is -2.18. The first-order valence-corrected chi connectivity index (χ1v) is 6.78. The monoisotopic (exact) mass is 286 g/mol. The van der Waals surface area contributed by atoms with Gasteiger partial charge in [0.2, 0.25) is 11.1 Å². The summed E-state index contributed by atoms with van der Waals surface area (Å²) in [5, 5.41) is 14.1. The highest BCUT2D eigenvalue weighted by Gasteiger charge is 2.22. The molecule has 0 aliphatic carbocycles. The summed E-state index contributed by atoms with van der Waals surface area (Å²) in [6.45, 7) is 5.67. The van der Waals surface area contributed by atoms with Crippen molar-refractivity contribution in [3.8, 4) is 0 Å². The molecule has 0 spiro atoms. The molecule has 1 rings (SSSR count). The molecule has 0 aromatic carbocycles. The molecule has 1 N–H and O–H groups in total. The first kappa shape index (κ1) is 15.6. The van der Waals surface area contributed by atoms with Crippen LogP contribution in [0, 0.1) is 17.0 Å². The lowest BCUT2D eigenvalue weighted by Gasteiger charge is -2.14. The van der Waals surface area contributed by atoms with E-state index < -0.39 is 4.92 Å². The number of nitrogens with one attached hydrogen (secondary N) is 1. The molecule has 0 saturated carbocycles. The van der Waals surface area contributed by atoms with Crippen LogP contribution < -0.4 is 5.32 Å². The minimum atomic E-state index is -0.479. The molecular weight excluding hydrogens is 268 g/mol. The summed E-state index contributed by atoms with van der Waals surface area (Å²) in [6, 6.07) is 0.107. The molecule has 1 atom stereocenters. The molecule has 0 amide bonds. The highest BCUT2D eigenvalue weighted by molar-refractivity contribution is 6.28. The maximum atomic E-state index is 11.0. The Bertz CT molecular complexity index is 454. The van der Waals surface area contributed by atoms with Crippen molar-refractivity contribution in [2.75, 3.05) is 5.32 Å². The molecule has 106 valence electrons. The number of unbranched alkanes of at least 4 members (excludes halogenated alkanes) is 2. The minimum Gasteiger partial charge on any atom is -0.362 e. The topological polar surface area (TPSA) is 81.0 Å². The summed E-state index contributed by atoms with van der Waals surface area (Å²) in [5.41, 5.74) is 0.167. The van der Waals surface area contributed by atoms with Gasteiger partial charge in [-0.25, -0.2) is 4.98 Å². The molecule has 0 aliphatic rings. The number of hydrogen-bond acceptors (Lipinski definition) is 5. The predicted octanol–water partition coefficient (Wildman–Crippen LogP) is 3.73. The van der Waals surface area contributed by atoms with E-state index in [4.69, 9.17) is 11.6 Å². The smallest absolute Gasteiger partial charge is 0.332 e. The third-order valence-corrected chi connectivity index (χ3v) is 3.01. The number of rotatable bonds is 7. The first-order chi connectivity index (χ1) is 8.95. The highest BCUT2D eigenvalue weighted by atomic mass is 35.5. The average Bonchev–Trinajstić information content (AvgIpc) is 2.27. The Hall–Kier alpha value is -1.43. The number of hydrogen-bond donors (Lipinski definition) is 1. The van der Waals surface area contributed by atoms with E-state index in [1.165, 1.54) is 0 Å². The summed E-state index contributed by atoms with van der Waals surface area (Å²) in [4.78, 5) is 18.3. The van der Waals surface area contributed by atoms with E-state index in [0.29, 0.717) is 0 Å². The van der Waals surface area contributed by atoms with Crippen molar-refractivity contribution in [2.45, 2.75) is 52.5 Å². The van der Waals surface area contributed by atoms with Crippen LogP contribution in [0.2, 0.25) is 5.28 Å². The van der Waals surface area contributed by atoms with Crippen LogP contribution in [0.15, 0.2) is 0 Å². The van der Waals surface area contributed by atoms with Gasteiger partial charge in [0.05, 0.1) is 4.92 Å². The van der Waals surface area contributed by atoms with Crippen LogP contribution >= 0.6 is 11.6 Å². The van der Waals surface area contributed by atoms with Gasteiger partial charge in [-0.1, -0.05) is 26.2 Å². The molecule has 1 aromatic heterocycles. The number of nitrogens with zero attached hydrogens (tertiary/aromatic N) is 3. The zero-order chi connectivity index (χ0) is 14.4. The quantitative estimate of drug-likeness (QED) is 0.357. The number of halogens is 1. The molecule has 19 heavy (non-hydrogen) atoms. The van der Waals surface area contributed by atoms with E-state index in [-0.39, 0.29) is 28.5 Å². The van der Waals surface area contributed by atoms with Gasteiger partial charge in [-0.2, -0.15) is 4.98 Å². The van der Waals surface area contributed by atoms with E-state index in [9.17, 15) is 10.1 Å². The fourth-order valence-corrected chi connectivity index (χ4v) is 2.07. The largest absolute Gasteiger partial charge is 0.362 e. The van der Waals surface area contributed by atoms with Gasteiger partial charge in [-0.15, -0.1) is 0 Å². The van der Waals surface area contributed by atoms with Crippen molar-refractivity contribution in [1.82, 2.24) is 9.97 Å². The summed E-state index contributed by atoms with van der Waals surface area (Å²) < 4.78 is 0.